The van der Waals surface area contributed by atoms with E-state index in [9.17, 15) is 0 Å². The second-order valence-electron chi connectivity index (χ2n) is 19.9. The molecule has 16 bridgehead atoms. The standard InChI is InChI=1S/C59H64N8/c1-26-30(5)48-22-52-34(9)38(13)56(64-52)42(57-39(14)35(10)53(65-57)23-49-31(6)27(2)45(61-49)20-44(26)60-48)18-17-19-43-58-40(15)36(11)54(66-58)24-50-32(7)28(3)46(62-50)21-47-29(4)33(8)51(63-47)25-55-37(12)41(16)59(43)67-55/h20-25,60-63H,17-19H2,1-16H3. The zero-order valence-electron chi connectivity index (χ0n) is 42.4. The van der Waals surface area contributed by atoms with Crippen LogP contribution in [0.2, 0.25) is 0 Å². The van der Waals surface area contributed by atoms with E-state index >= 15 is 0 Å². The molecule has 0 aliphatic carbocycles. The monoisotopic (exact) mass is 885 g/mol. The van der Waals surface area contributed by atoms with E-state index in [-0.39, 0.29) is 0 Å². The second kappa shape index (κ2) is 15.9. The number of aromatic amines is 4. The quantitative estimate of drug-likeness (QED) is 0.141. The predicted octanol–water partition coefficient (Wildman–Crippen LogP) is 15.4. The van der Waals surface area contributed by atoms with Gasteiger partial charge in [-0.1, -0.05) is 0 Å². The van der Waals surface area contributed by atoms with Gasteiger partial charge in [-0.15, -0.1) is 0 Å². The Kier molecular flexibility index (Phi) is 10.5. The van der Waals surface area contributed by atoms with Crippen molar-refractivity contribution in [1.29, 1.82) is 0 Å². The number of nitrogens with one attached hydrogen (secondary N) is 4. The Bertz CT molecular complexity index is 3230. The lowest BCUT2D eigenvalue weighted by atomic mass is 9.93. The molecule has 10 heterocycles. The lowest BCUT2D eigenvalue weighted by Crippen LogP contribution is -2.02. The second-order valence-corrected chi connectivity index (χ2v) is 19.9. The Balaban J connectivity index is 1.21. The molecule has 8 heteroatoms. The van der Waals surface area contributed by atoms with Gasteiger partial charge in [0.25, 0.3) is 0 Å². The summed E-state index contributed by atoms with van der Waals surface area (Å²) < 4.78 is 0. The van der Waals surface area contributed by atoms with E-state index in [0.717, 1.165) is 109 Å². The summed E-state index contributed by atoms with van der Waals surface area (Å²) in [5.74, 6) is 0. The molecule has 0 fully saturated rings. The number of aryl methyl sites for hydroxylation is 8. The molecule has 340 valence electrons. The Morgan fingerprint density at radius 3 is 0.672 bits per heavy atom. The van der Waals surface area contributed by atoms with Crippen LogP contribution >= 0.6 is 0 Å². The van der Waals surface area contributed by atoms with E-state index in [2.05, 4.69) is 167 Å². The fraction of sp³-hybridized carbons (Fsp3) is 0.322. The largest absolute Gasteiger partial charge is 0.355 e. The first-order chi connectivity index (χ1) is 31.8. The van der Waals surface area contributed by atoms with Crippen molar-refractivity contribution in [3.05, 3.63) is 138 Å². The van der Waals surface area contributed by atoms with Crippen molar-refractivity contribution >= 4 is 88.7 Å². The molecule has 0 radical (unpaired) electrons. The molecule has 4 aliphatic rings. The fourth-order valence-corrected chi connectivity index (χ4v) is 10.4. The summed E-state index contributed by atoms with van der Waals surface area (Å²) in [6.07, 6.45) is 2.41. The molecule has 0 saturated carbocycles. The van der Waals surface area contributed by atoms with Crippen molar-refractivity contribution in [3.8, 4) is 0 Å². The van der Waals surface area contributed by atoms with Crippen molar-refractivity contribution in [2.24, 2.45) is 0 Å². The zero-order valence-corrected chi connectivity index (χ0v) is 42.4. The molecule has 67 heavy (non-hydrogen) atoms. The summed E-state index contributed by atoms with van der Waals surface area (Å²) in [7, 11) is 0. The highest BCUT2D eigenvalue weighted by Crippen LogP contribution is 2.41. The van der Waals surface area contributed by atoms with Crippen LogP contribution in [0.3, 0.4) is 0 Å². The van der Waals surface area contributed by atoms with Gasteiger partial charge in [-0.25, -0.2) is 19.9 Å². The van der Waals surface area contributed by atoms with Crippen molar-refractivity contribution in [3.63, 3.8) is 0 Å². The van der Waals surface area contributed by atoms with Crippen LogP contribution in [0.15, 0.2) is 36.4 Å². The number of fused-ring (bicyclic) bond motifs is 16. The lowest BCUT2D eigenvalue weighted by Gasteiger charge is -2.12. The van der Waals surface area contributed by atoms with Crippen molar-refractivity contribution < 1.29 is 0 Å². The van der Waals surface area contributed by atoms with Gasteiger partial charge in [0.2, 0.25) is 0 Å². The van der Waals surface area contributed by atoms with Crippen molar-refractivity contribution in [2.45, 2.75) is 130 Å². The number of H-pyrrole nitrogens is 4. The fourth-order valence-electron chi connectivity index (χ4n) is 10.4. The SMILES string of the molecule is CC1=C(C)c2nc1cc1[nH]c(cc3[nH]c(cc4nc(c2CCCc2c5nc(cc6[nH]c(cc7[nH]c(cc8nc2C(C)=C8C)c(C)c7C)c(C)c6C)C(C)=C5C)C(C)=C4C)c(C)c3C)c(C)c1C. The highest BCUT2D eigenvalue weighted by Gasteiger charge is 2.27. The number of hydrogen-bond donors (Lipinski definition) is 4. The highest BCUT2D eigenvalue weighted by molar-refractivity contribution is 5.98. The zero-order chi connectivity index (χ0) is 47.7. The minimum atomic E-state index is 0.779. The molecule has 8 nitrogen and oxygen atoms in total. The van der Waals surface area contributed by atoms with Gasteiger partial charge in [0.15, 0.2) is 0 Å². The van der Waals surface area contributed by atoms with Crippen LogP contribution < -0.4 is 0 Å². The van der Waals surface area contributed by atoms with Gasteiger partial charge in [-0.2, -0.15) is 0 Å². The van der Waals surface area contributed by atoms with Crippen LogP contribution in [0.4, 0.5) is 0 Å². The summed E-state index contributed by atoms with van der Waals surface area (Å²) in [4.78, 5) is 37.1. The molecular formula is C59H64N8. The molecule has 6 aromatic rings. The molecule has 0 saturated heterocycles. The summed E-state index contributed by atoms with van der Waals surface area (Å²) in [6.45, 7) is 35.4. The third-order valence-corrected chi connectivity index (χ3v) is 16.4. The molecule has 0 spiro atoms. The summed E-state index contributed by atoms with van der Waals surface area (Å²) in [5.41, 5.74) is 38.7. The van der Waals surface area contributed by atoms with Gasteiger partial charge in [0, 0.05) is 55.3 Å². The maximum atomic E-state index is 5.52. The van der Waals surface area contributed by atoms with Gasteiger partial charge in [0.05, 0.1) is 45.6 Å². The van der Waals surface area contributed by atoms with Gasteiger partial charge in [-0.3, -0.25) is 0 Å². The topological polar surface area (TPSA) is 115 Å². The molecule has 4 N–H and O–H groups in total. The maximum absolute atomic E-state index is 5.52. The third-order valence-electron chi connectivity index (χ3n) is 16.4. The number of allylic oxidation sites excluding steroid dienone is 8. The van der Waals surface area contributed by atoms with E-state index in [1.165, 1.54) is 100 Å². The van der Waals surface area contributed by atoms with Gasteiger partial charge < -0.3 is 19.9 Å². The Morgan fingerprint density at radius 2 is 0.463 bits per heavy atom. The van der Waals surface area contributed by atoms with Crippen LogP contribution in [-0.2, 0) is 12.8 Å². The van der Waals surface area contributed by atoms with Gasteiger partial charge in [0.1, 0.15) is 0 Å². The molecule has 0 amide bonds. The number of nitrogens with zero attached hydrogens (tertiary/aromatic N) is 4. The van der Waals surface area contributed by atoms with E-state index in [4.69, 9.17) is 19.9 Å². The lowest BCUT2D eigenvalue weighted by molar-refractivity contribution is 0.802. The normalized spacial score (nSPS) is 14.2. The minimum absolute atomic E-state index is 0.779. The summed E-state index contributed by atoms with van der Waals surface area (Å²) >= 11 is 0. The van der Waals surface area contributed by atoms with E-state index in [1.54, 1.807) is 0 Å². The molecule has 4 aliphatic heterocycles. The molecule has 0 aromatic carbocycles. The summed E-state index contributed by atoms with van der Waals surface area (Å²) in [5, 5.41) is 0. The van der Waals surface area contributed by atoms with Gasteiger partial charge in [-0.05, 0) is 256 Å². The number of rotatable bonds is 4. The van der Waals surface area contributed by atoms with Gasteiger partial charge >= 0.3 is 0 Å². The Hall–Kier alpha value is -6.80. The van der Waals surface area contributed by atoms with Crippen molar-refractivity contribution in [1.82, 2.24) is 39.9 Å². The van der Waals surface area contributed by atoms with Crippen LogP contribution in [0.1, 0.15) is 163 Å². The van der Waals surface area contributed by atoms with Crippen LogP contribution in [0.25, 0.3) is 88.7 Å². The minimum Gasteiger partial charge on any atom is -0.355 e. The predicted molar refractivity (Wildman–Crippen MR) is 285 cm³/mol. The first kappa shape index (κ1) is 44.1. The van der Waals surface area contributed by atoms with Crippen LogP contribution in [0.5, 0.6) is 0 Å². The van der Waals surface area contributed by atoms with E-state index in [1.807, 2.05) is 0 Å². The van der Waals surface area contributed by atoms with Crippen LogP contribution in [0, 0.1) is 55.4 Å². The highest BCUT2D eigenvalue weighted by atomic mass is 14.8. The average molecular weight is 885 g/mol. The Morgan fingerprint density at radius 1 is 0.269 bits per heavy atom. The molecular weight excluding hydrogens is 821 g/mol. The molecule has 0 atom stereocenters. The van der Waals surface area contributed by atoms with E-state index < -0.39 is 0 Å². The molecule has 6 aromatic heterocycles. The first-order valence-corrected chi connectivity index (χ1v) is 24.0. The third kappa shape index (κ3) is 6.93. The van der Waals surface area contributed by atoms with E-state index in [0.29, 0.717) is 0 Å². The van der Waals surface area contributed by atoms with Crippen molar-refractivity contribution in [2.75, 3.05) is 0 Å². The molecule has 10 rings (SSSR count). The summed E-state index contributed by atoms with van der Waals surface area (Å²) in [6, 6.07) is 13.5. The Labute approximate surface area is 394 Å². The number of aromatic nitrogens is 8. The maximum Gasteiger partial charge on any atom is 0.0723 e. The van der Waals surface area contributed by atoms with Crippen LogP contribution in [-0.4, -0.2) is 39.9 Å². The number of hydrogen-bond acceptors (Lipinski definition) is 4. The smallest absolute Gasteiger partial charge is 0.0723 e. The molecule has 0 unspecified atom stereocenters. The average Bonchev–Trinajstić information content (AvgIpc) is 4.15. The first-order valence-electron chi connectivity index (χ1n) is 24.0.